The molecule has 0 aliphatic rings. The van der Waals surface area contributed by atoms with Crippen LogP contribution in [0.5, 0.6) is 0 Å². The van der Waals surface area contributed by atoms with Crippen molar-refractivity contribution in [3.8, 4) is 0 Å². The van der Waals surface area contributed by atoms with Gasteiger partial charge in [0.2, 0.25) is 0 Å². The van der Waals surface area contributed by atoms with Gasteiger partial charge in [0.25, 0.3) is 0 Å². The summed E-state index contributed by atoms with van der Waals surface area (Å²) in [6, 6.07) is 0. The summed E-state index contributed by atoms with van der Waals surface area (Å²) in [5.41, 5.74) is 0. The zero-order valence-corrected chi connectivity index (χ0v) is 15.6. The topological polar surface area (TPSA) is 191 Å². The van der Waals surface area contributed by atoms with Crippen LogP contribution < -0.4 is 0 Å². The van der Waals surface area contributed by atoms with Gasteiger partial charge < -0.3 is 29.5 Å². The van der Waals surface area contributed by atoms with Crippen molar-refractivity contribution in [2.45, 2.75) is 12.7 Å². The summed E-state index contributed by atoms with van der Waals surface area (Å²) in [4.78, 5) is 65.4. The van der Waals surface area contributed by atoms with E-state index in [9.17, 15) is 28.8 Å². The van der Waals surface area contributed by atoms with Crippen molar-refractivity contribution in [2.75, 3.05) is 26.4 Å². The lowest BCUT2D eigenvalue weighted by Crippen LogP contribution is -2.28. The number of aliphatic carboxylic acids is 3. The Hall–Kier alpha value is -3.48. The minimum absolute atomic E-state index is 0.212. The van der Waals surface area contributed by atoms with Gasteiger partial charge in [0, 0.05) is 24.6 Å². The first-order valence-electron chi connectivity index (χ1n) is 8.22. The van der Waals surface area contributed by atoms with E-state index in [0.29, 0.717) is 18.2 Å². The summed E-state index contributed by atoms with van der Waals surface area (Å²) >= 11 is 0. The SMILES string of the molecule is O=C(O)C=CC(=O)CCOC(COCC(=O)C=CC(=O)O)OCC(=O)C=CC(=O)O. The molecule has 1 unspecified atom stereocenters. The predicted octanol–water partition coefficient (Wildman–Crippen LogP) is -0.618. The highest BCUT2D eigenvalue weighted by atomic mass is 16.7. The summed E-state index contributed by atoms with van der Waals surface area (Å²) in [6.07, 6.45) is 2.84. The maximum absolute atomic E-state index is 11.5. The second-order valence-corrected chi connectivity index (χ2v) is 5.29. The quantitative estimate of drug-likeness (QED) is 0.197. The Morgan fingerprint density at radius 1 is 0.633 bits per heavy atom. The number of carboxylic acids is 3. The van der Waals surface area contributed by atoms with E-state index >= 15 is 0 Å². The Kier molecular flexibility index (Phi) is 13.7. The van der Waals surface area contributed by atoms with Crippen molar-refractivity contribution in [1.82, 2.24) is 0 Å². The third-order valence-electron chi connectivity index (χ3n) is 2.80. The second kappa shape index (κ2) is 15.4. The summed E-state index contributed by atoms with van der Waals surface area (Å²) in [6.45, 7) is -1.71. The molecule has 30 heavy (non-hydrogen) atoms. The average molecular weight is 428 g/mol. The Morgan fingerprint density at radius 2 is 1.10 bits per heavy atom. The number of allylic oxidation sites excluding steroid dienone is 1. The van der Waals surface area contributed by atoms with Gasteiger partial charge in [-0.05, 0) is 18.2 Å². The smallest absolute Gasteiger partial charge is 0.328 e. The molecule has 0 amide bonds. The summed E-state index contributed by atoms with van der Waals surface area (Å²) in [5.74, 6) is -5.86. The lowest BCUT2D eigenvalue weighted by Gasteiger charge is -2.17. The van der Waals surface area contributed by atoms with E-state index in [1.807, 2.05) is 0 Å². The van der Waals surface area contributed by atoms with Crippen LogP contribution in [0.3, 0.4) is 0 Å². The van der Waals surface area contributed by atoms with Crippen LogP contribution in [0.2, 0.25) is 0 Å². The molecule has 0 spiro atoms. The highest BCUT2D eigenvalue weighted by Crippen LogP contribution is 2.01. The molecule has 12 nitrogen and oxygen atoms in total. The van der Waals surface area contributed by atoms with Crippen LogP contribution in [0, 0.1) is 0 Å². The van der Waals surface area contributed by atoms with Crippen molar-refractivity contribution >= 4 is 35.3 Å². The fourth-order valence-corrected chi connectivity index (χ4v) is 1.54. The number of hydrogen-bond acceptors (Lipinski definition) is 9. The number of ketones is 3. The minimum atomic E-state index is -1.33. The molecule has 0 fully saturated rings. The third kappa shape index (κ3) is 16.7. The molecular weight excluding hydrogens is 408 g/mol. The summed E-state index contributed by atoms with van der Waals surface area (Å²) < 4.78 is 15.3. The molecule has 0 aliphatic carbocycles. The van der Waals surface area contributed by atoms with Gasteiger partial charge >= 0.3 is 17.9 Å². The van der Waals surface area contributed by atoms with Crippen LogP contribution in [0.25, 0.3) is 0 Å². The molecule has 0 saturated carbocycles. The van der Waals surface area contributed by atoms with E-state index in [2.05, 4.69) is 0 Å². The highest BCUT2D eigenvalue weighted by molar-refractivity contribution is 5.96. The van der Waals surface area contributed by atoms with Crippen LogP contribution in [0.4, 0.5) is 0 Å². The standard InChI is InChI=1S/C18H20O12/c19-12(1-4-15(22)23)7-8-29-18(30-10-14(21)3-6-17(26)27)11-28-9-13(20)2-5-16(24)25/h1-6,18H,7-11H2,(H,22,23)(H,24,25)(H,26,27). The van der Waals surface area contributed by atoms with E-state index in [1.165, 1.54) is 0 Å². The van der Waals surface area contributed by atoms with E-state index in [-0.39, 0.29) is 19.6 Å². The third-order valence-corrected chi connectivity index (χ3v) is 2.80. The molecule has 164 valence electrons. The van der Waals surface area contributed by atoms with Gasteiger partial charge in [-0.2, -0.15) is 0 Å². The second-order valence-electron chi connectivity index (χ2n) is 5.29. The molecule has 0 aliphatic heterocycles. The van der Waals surface area contributed by atoms with Crippen molar-refractivity contribution in [3.63, 3.8) is 0 Å². The zero-order chi connectivity index (χ0) is 22.9. The molecule has 0 saturated heterocycles. The van der Waals surface area contributed by atoms with Crippen molar-refractivity contribution in [3.05, 3.63) is 36.5 Å². The molecule has 0 aromatic carbocycles. The number of rotatable bonds is 17. The Morgan fingerprint density at radius 3 is 1.60 bits per heavy atom. The predicted molar refractivity (Wildman–Crippen MR) is 96.5 cm³/mol. The van der Waals surface area contributed by atoms with E-state index in [0.717, 1.165) is 18.2 Å². The van der Waals surface area contributed by atoms with Gasteiger partial charge in [-0.25, -0.2) is 14.4 Å². The van der Waals surface area contributed by atoms with Crippen LogP contribution in [0.1, 0.15) is 6.42 Å². The molecule has 0 aromatic heterocycles. The van der Waals surface area contributed by atoms with Crippen LogP contribution in [-0.4, -0.2) is 83.3 Å². The maximum atomic E-state index is 11.5. The molecule has 0 aromatic rings. The first-order valence-corrected chi connectivity index (χ1v) is 8.22. The summed E-state index contributed by atoms with van der Waals surface area (Å²) in [7, 11) is 0. The molecule has 3 N–H and O–H groups in total. The van der Waals surface area contributed by atoms with E-state index in [1.54, 1.807) is 0 Å². The molecule has 1 atom stereocenters. The van der Waals surface area contributed by atoms with Crippen LogP contribution in [-0.2, 0) is 43.0 Å². The molecule has 12 heteroatoms. The number of carbonyl (C=O) groups excluding carboxylic acids is 3. The lowest BCUT2D eigenvalue weighted by molar-refractivity contribution is -0.176. The Labute approximate surface area is 170 Å². The van der Waals surface area contributed by atoms with Crippen LogP contribution >= 0.6 is 0 Å². The maximum Gasteiger partial charge on any atom is 0.328 e. The number of carbonyl (C=O) groups is 6. The van der Waals surface area contributed by atoms with Gasteiger partial charge in [-0.3, -0.25) is 14.4 Å². The largest absolute Gasteiger partial charge is 0.478 e. The van der Waals surface area contributed by atoms with Crippen molar-refractivity contribution in [1.29, 1.82) is 0 Å². The molecule has 0 heterocycles. The zero-order valence-electron chi connectivity index (χ0n) is 15.6. The number of carboxylic acid groups (broad SMARTS) is 3. The Bertz CT molecular complexity index is 689. The van der Waals surface area contributed by atoms with Gasteiger partial charge in [0.1, 0.15) is 13.2 Å². The average Bonchev–Trinajstić information content (AvgIpc) is 2.66. The minimum Gasteiger partial charge on any atom is -0.478 e. The molecule has 0 rings (SSSR count). The first kappa shape index (κ1) is 26.5. The number of ether oxygens (including phenoxy) is 3. The van der Waals surface area contributed by atoms with Gasteiger partial charge in [-0.1, -0.05) is 0 Å². The number of hydrogen-bond donors (Lipinski definition) is 3. The van der Waals surface area contributed by atoms with Crippen molar-refractivity contribution < 1.29 is 58.3 Å². The molecule has 0 bridgehead atoms. The van der Waals surface area contributed by atoms with Gasteiger partial charge in [0.15, 0.2) is 23.6 Å². The monoisotopic (exact) mass is 428 g/mol. The Balaban J connectivity index is 4.63. The van der Waals surface area contributed by atoms with Gasteiger partial charge in [-0.15, -0.1) is 0 Å². The lowest BCUT2D eigenvalue weighted by atomic mass is 10.3. The summed E-state index contributed by atoms with van der Waals surface area (Å²) in [5, 5.41) is 25.3. The fraction of sp³-hybridized carbons (Fsp3) is 0.333. The molecular formula is C18H20O12. The highest BCUT2D eigenvalue weighted by Gasteiger charge is 2.13. The van der Waals surface area contributed by atoms with Gasteiger partial charge in [0.05, 0.1) is 13.2 Å². The van der Waals surface area contributed by atoms with E-state index in [4.69, 9.17) is 29.5 Å². The van der Waals surface area contributed by atoms with E-state index < -0.39 is 54.8 Å². The first-order chi connectivity index (χ1) is 14.1. The van der Waals surface area contributed by atoms with Crippen molar-refractivity contribution in [2.24, 2.45) is 0 Å². The van der Waals surface area contributed by atoms with Crippen LogP contribution in [0.15, 0.2) is 36.5 Å². The molecule has 0 radical (unpaired) electrons. The normalized spacial score (nSPS) is 12.4. The fourth-order valence-electron chi connectivity index (χ4n) is 1.54.